The van der Waals surface area contributed by atoms with Crippen molar-refractivity contribution < 1.29 is 9.59 Å². The van der Waals surface area contributed by atoms with Crippen LogP contribution in [0.4, 0.5) is 0 Å². The van der Waals surface area contributed by atoms with E-state index >= 15 is 0 Å². The van der Waals surface area contributed by atoms with Crippen molar-refractivity contribution in [2.45, 2.75) is 25.7 Å². The largest absolute Gasteiger partial charge is 0.329 e. The average Bonchev–Trinajstić information content (AvgIpc) is 2.45. The fraction of sp³-hybridized carbons (Fsp3) is 0.800. The van der Waals surface area contributed by atoms with Crippen LogP contribution in [0.2, 0.25) is 0 Å². The zero-order valence-electron chi connectivity index (χ0n) is 8.24. The maximum Gasteiger partial charge on any atom is 0.233 e. The first-order valence-corrected chi connectivity index (χ1v) is 5.31. The van der Waals surface area contributed by atoms with Crippen LogP contribution in [-0.4, -0.2) is 29.8 Å². The van der Waals surface area contributed by atoms with Gasteiger partial charge >= 0.3 is 0 Å². The minimum absolute atomic E-state index is 0.0187. The number of carbonyl (C=O) groups excluding carboxylic acids is 2. The molecule has 4 nitrogen and oxygen atoms in total. The van der Waals surface area contributed by atoms with Crippen molar-refractivity contribution in [2.75, 3.05) is 13.1 Å². The summed E-state index contributed by atoms with van der Waals surface area (Å²) in [6.45, 7) is 0.765. The van der Waals surface area contributed by atoms with Gasteiger partial charge in [0.05, 0.1) is 11.8 Å². The summed E-state index contributed by atoms with van der Waals surface area (Å²) in [6.07, 6.45) is 3.93. The van der Waals surface area contributed by atoms with E-state index in [1.807, 2.05) is 0 Å². The molecule has 2 aliphatic rings. The molecule has 0 spiro atoms. The molecule has 0 aromatic carbocycles. The van der Waals surface area contributed by atoms with Gasteiger partial charge in [-0.1, -0.05) is 12.8 Å². The minimum Gasteiger partial charge on any atom is -0.329 e. The number of fused-ring (bicyclic) bond motifs is 1. The first-order chi connectivity index (χ1) is 6.75. The molecule has 1 heterocycles. The van der Waals surface area contributed by atoms with Gasteiger partial charge in [0.15, 0.2) is 0 Å². The molecule has 0 aromatic heterocycles. The van der Waals surface area contributed by atoms with Crippen molar-refractivity contribution in [2.24, 2.45) is 17.6 Å². The Morgan fingerprint density at radius 1 is 1.14 bits per heavy atom. The molecule has 2 fully saturated rings. The molecule has 1 aliphatic carbocycles. The quantitative estimate of drug-likeness (QED) is 0.638. The molecule has 2 N–H and O–H groups in total. The van der Waals surface area contributed by atoms with Gasteiger partial charge in [-0.25, -0.2) is 0 Å². The standard InChI is InChI=1S/C10H16N2O2/c11-5-6-12-9(13)7-3-1-2-4-8(7)10(12)14/h7-8H,1-6,11H2. The number of rotatable bonds is 2. The van der Waals surface area contributed by atoms with Gasteiger partial charge in [0.2, 0.25) is 11.8 Å². The smallest absolute Gasteiger partial charge is 0.233 e. The summed E-state index contributed by atoms with van der Waals surface area (Å²) in [5, 5.41) is 0. The molecule has 78 valence electrons. The normalized spacial score (nSPS) is 32.2. The molecule has 2 unspecified atom stereocenters. The van der Waals surface area contributed by atoms with Crippen LogP contribution < -0.4 is 5.73 Å². The van der Waals surface area contributed by atoms with Gasteiger partial charge in [-0.2, -0.15) is 0 Å². The molecule has 2 atom stereocenters. The molecule has 0 radical (unpaired) electrons. The topological polar surface area (TPSA) is 63.4 Å². The highest BCUT2D eigenvalue weighted by molar-refractivity contribution is 6.05. The highest BCUT2D eigenvalue weighted by atomic mass is 16.2. The number of likely N-dealkylation sites (tertiary alicyclic amines) is 1. The molecular formula is C10H16N2O2. The fourth-order valence-corrected chi connectivity index (χ4v) is 2.58. The summed E-state index contributed by atoms with van der Waals surface area (Å²) in [5.74, 6) is -0.0131. The fourth-order valence-electron chi connectivity index (χ4n) is 2.58. The second-order valence-electron chi connectivity index (χ2n) is 4.11. The van der Waals surface area contributed by atoms with Crippen LogP contribution in [0.5, 0.6) is 0 Å². The second-order valence-corrected chi connectivity index (χ2v) is 4.11. The van der Waals surface area contributed by atoms with E-state index in [2.05, 4.69) is 0 Å². The molecule has 1 saturated heterocycles. The third-order valence-corrected chi connectivity index (χ3v) is 3.29. The Hall–Kier alpha value is -0.900. The Kier molecular flexibility index (Phi) is 2.54. The Morgan fingerprint density at radius 3 is 2.07 bits per heavy atom. The van der Waals surface area contributed by atoms with Crippen molar-refractivity contribution in [3.05, 3.63) is 0 Å². The molecular weight excluding hydrogens is 180 g/mol. The number of amides is 2. The van der Waals surface area contributed by atoms with Gasteiger partial charge in [0.1, 0.15) is 0 Å². The van der Waals surface area contributed by atoms with Crippen LogP contribution in [0.1, 0.15) is 25.7 Å². The summed E-state index contributed by atoms with van der Waals surface area (Å²) in [4.78, 5) is 24.9. The SMILES string of the molecule is NCCN1C(=O)C2CCCCC2C1=O. The lowest BCUT2D eigenvalue weighted by atomic mass is 9.81. The zero-order valence-corrected chi connectivity index (χ0v) is 8.24. The van der Waals surface area contributed by atoms with Gasteiger partial charge in [0.25, 0.3) is 0 Å². The Bertz CT molecular complexity index is 241. The highest BCUT2D eigenvalue weighted by Gasteiger charge is 2.47. The predicted octanol–water partition coefficient (Wildman–Crippen LogP) is 0.120. The number of imide groups is 1. The number of nitrogens with zero attached hydrogens (tertiary/aromatic N) is 1. The van der Waals surface area contributed by atoms with Crippen molar-refractivity contribution in [3.8, 4) is 0 Å². The van der Waals surface area contributed by atoms with Crippen LogP contribution in [-0.2, 0) is 9.59 Å². The van der Waals surface area contributed by atoms with Gasteiger partial charge in [0, 0.05) is 13.1 Å². The lowest BCUT2D eigenvalue weighted by Gasteiger charge is -2.19. The zero-order chi connectivity index (χ0) is 10.1. The Morgan fingerprint density at radius 2 is 1.64 bits per heavy atom. The first-order valence-electron chi connectivity index (χ1n) is 5.31. The van der Waals surface area contributed by atoms with Crippen LogP contribution in [0, 0.1) is 11.8 Å². The molecule has 4 heteroatoms. The molecule has 1 saturated carbocycles. The summed E-state index contributed by atoms with van der Waals surface area (Å²) < 4.78 is 0. The van der Waals surface area contributed by atoms with E-state index in [1.165, 1.54) is 4.90 Å². The van der Waals surface area contributed by atoms with E-state index in [4.69, 9.17) is 5.73 Å². The monoisotopic (exact) mass is 196 g/mol. The molecule has 0 bridgehead atoms. The van der Waals surface area contributed by atoms with Crippen LogP contribution >= 0.6 is 0 Å². The summed E-state index contributed by atoms with van der Waals surface area (Å²) in [7, 11) is 0. The van der Waals surface area contributed by atoms with Crippen LogP contribution in [0.15, 0.2) is 0 Å². The highest BCUT2D eigenvalue weighted by Crippen LogP contribution is 2.37. The molecule has 0 aromatic rings. The van der Waals surface area contributed by atoms with Crippen molar-refractivity contribution in [1.29, 1.82) is 0 Å². The number of carbonyl (C=O) groups is 2. The second kappa shape index (κ2) is 3.69. The average molecular weight is 196 g/mol. The first kappa shape index (κ1) is 9.65. The van der Waals surface area contributed by atoms with Crippen molar-refractivity contribution in [1.82, 2.24) is 4.90 Å². The van der Waals surface area contributed by atoms with E-state index in [0.717, 1.165) is 25.7 Å². The van der Waals surface area contributed by atoms with E-state index in [1.54, 1.807) is 0 Å². The van der Waals surface area contributed by atoms with E-state index in [-0.39, 0.29) is 23.7 Å². The lowest BCUT2D eigenvalue weighted by Crippen LogP contribution is -2.35. The maximum absolute atomic E-state index is 11.8. The number of nitrogens with two attached hydrogens (primary N) is 1. The number of hydrogen-bond acceptors (Lipinski definition) is 3. The van der Waals surface area contributed by atoms with E-state index in [9.17, 15) is 9.59 Å². The Labute approximate surface area is 83.4 Å². The van der Waals surface area contributed by atoms with Gasteiger partial charge in [-0.05, 0) is 12.8 Å². The molecule has 2 rings (SSSR count). The number of hydrogen-bond donors (Lipinski definition) is 1. The van der Waals surface area contributed by atoms with Gasteiger partial charge in [-0.3, -0.25) is 14.5 Å². The summed E-state index contributed by atoms with van der Waals surface area (Å²) >= 11 is 0. The van der Waals surface area contributed by atoms with E-state index < -0.39 is 0 Å². The summed E-state index contributed by atoms with van der Waals surface area (Å²) in [6, 6.07) is 0. The van der Waals surface area contributed by atoms with Crippen LogP contribution in [0.3, 0.4) is 0 Å². The van der Waals surface area contributed by atoms with E-state index in [0.29, 0.717) is 13.1 Å². The lowest BCUT2D eigenvalue weighted by molar-refractivity contribution is -0.139. The third kappa shape index (κ3) is 1.34. The van der Waals surface area contributed by atoms with Gasteiger partial charge in [-0.15, -0.1) is 0 Å². The molecule has 14 heavy (non-hydrogen) atoms. The van der Waals surface area contributed by atoms with Crippen LogP contribution in [0.25, 0.3) is 0 Å². The molecule has 2 amide bonds. The third-order valence-electron chi connectivity index (χ3n) is 3.29. The summed E-state index contributed by atoms with van der Waals surface area (Å²) in [5.41, 5.74) is 5.38. The Balaban J connectivity index is 2.15. The minimum atomic E-state index is -0.0252. The predicted molar refractivity (Wildman–Crippen MR) is 51.2 cm³/mol. The van der Waals surface area contributed by atoms with Crippen molar-refractivity contribution >= 4 is 11.8 Å². The molecule has 1 aliphatic heterocycles. The maximum atomic E-state index is 11.8. The van der Waals surface area contributed by atoms with Crippen molar-refractivity contribution in [3.63, 3.8) is 0 Å². The van der Waals surface area contributed by atoms with Gasteiger partial charge < -0.3 is 5.73 Å².